The summed E-state index contributed by atoms with van der Waals surface area (Å²) in [7, 11) is 0. The molecule has 0 aliphatic heterocycles. The second-order valence-corrected chi connectivity index (χ2v) is 10.6. The number of carboxylic acid groups (broad SMARTS) is 1. The Bertz CT molecular complexity index is 1390. The van der Waals surface area contributed by atoms with E-state index < -0.39 is 34.6 Å². The molecule has 3 aromatic carbocycles. The smallest absolute Gasteiger partial charge is 0.411 e. The van der Waals surface area contributed by atoms with Crippen molar-refractivity contribution in [2.24, 2.45) is 0 Å². The maximum absolute atomic E-state index is 12.8. The number of nitrogens with one attached hydrogen (secondary N) is 2. The van der Waals surface area contributed by atoms with Crippen molar-refractivity contribution < 1.29 is 33.8 Å². The van der Waals surface area contributed by atoms with Gasteiger partial charge in [0.25, 0.3) is 0 Å². The van der Waals surface area contributed by atoms with E-state index in [9.17, 15) is 24.3 Å². The van der Waals surface area contributed by atoms with Crippen LogP contribution in [0, 0.1) is 0 Å². The SMILES string of the molecule is C=CCOC(=O)Nc1ccc(C[C@@H](SC(=O)[C@@H](C)NC(=O)OCC2c3ccccc3-c3ccccc32)C(=O)O)cc1. The molecule has 0 spiro atoms. The van der Waals surface area contributed by atoms with E-state index in [4.69, 9.17) is 9.47 Å². The van der Waals surface area contributed by atoms with Gasteiger partial charge in [0.2, 0.25) is 5.12 Å². The number of alkyl carbamates (subject to hydrolysis) is 1. The van der Waals surface area contributed by atoms with E-state index in [-0.39, 0.29) is 25.6 Å². The van der Waals surface area contributed by atoms with Gasteiger partial charge in [0.05, 0.1) is 6.04 Å². The third-order valence-electron chi connectivity index (χ3n) is 6.52. The Morgan fingerprint density at radius 1 is 0.927 bits per heavy atom. The van der Waals surface area contributed by atoms with Gasteiger partial charge in [-0.15, -0.1) is 0 Å². The highest BCUT2D eigenvalue weighted by molar-refractivity contribution is 8.14. The molecule has 10 heteroatoms. The first-order chi connectivity index (χ1) is 19.8. The predicted molar refractivity (Wildman–Crippen MR) is 157 cm³/mol. The monoisotopic (exact) mass is 574 g/mol. The minimum Gasteiger partial charge on any atom is -0.480 e. The van der Waals surface area contributed by atoms with Crippen LogP contribution in [-0.4, -0.2) is 52.9 Å². The van der Waals surface area contributed by atoms with E-state index in [1.54, 1.807) is 24.3 Å². The summed E-state index contributed by atoms with van der Waals surface area (Å²) in [6, 6.07) is 21.5. The number of benzene rings is 3. The minimum atomic E-state index is -1.16. The van der Waals surface area contributed by atoms with Crippen molar-refractivity contribution in [3.05, 3.63) is 102 Å². The fourth-order valence-electron chi connectivity index (χ4n) is 4.52. The molecule has 0 unspecified atom stereocenters. The number of anilines is 1. The number of aliphatic carboxylic acids is 1. The molecule has 9 nitrogen and oxygen atoms in total. The molecule has 4 rings (SSSR count). The first kappa shape index (κ1) is 29.4. The van der Waals surface area contributed by atoms with Gasteiger partial charge in [-0.1, -0.05) is 85.1 Å². The molecule has 3 N–H and O–H groups in total. The fraction of sp³-hybridized carbons (Fsp3) is 0.226. The summed E-state index contributed by atoms with van der Waals surface area (Å²) >= 11 is 0.639. The summed E-state index contributed by atoms with van der Waals surface area (Å²) in [6.45, 7) is 5.13. The first-order valence-corrected chi connectivity index (χ1v) is 13.8. The number of carboxylic acids is 1. The fourth-order valence-corrected chi connectivity index (χ4v) is 5.44. The number of rotatable bonds is 11. The topological polar surface area (TPSA) is 131 Å². The maximum Gasteiger partial charge on any atom is 0.411 e. The van der Waals surface area contributed by atoms with Gasteiger partial charge in [0.1, 0.15) is 18.5 Å². The Labute approximate surface area is 241 Å². The van der Waals surface area contributed by atoms with Gasteiger partial charge >= 0.3 is 18.2 Å². The van der Waals surface area contributed by atoms with E-state index in [2.05, 4.69) is 17.2 Å². The third-order valence-corrected chi connectivity index (χ3v) is 7.76. The van der Waals surface area contributed by atoms with Crippen LogP contribution in [-0.2, 0) is 25.5 Å². The molecule has 0 saturated heterocycles. The van der Waals surface area contributed by atoms with Gasteiger partial charge in [0.15, 0.2) is 0 Å². The van der Waals surface area contributed by atoms with Crippen molar-refractivity contribution in [2.75, 3.05) is 18.5 Å². The van der Waals surface area contributed by atoms with Crippen molar-refractivity contribution in [1.29, 1.82) is 0 Å². The van der Waals surface area contributed by atoms with Gasteiger partial charge in [-0.3, -0.25) is 14.9 Å². The molecule has 3 aromatic rings. The van der Waals surface area contributed by atoms with Crippen LogP contribution in [0.15, 0.2) is 85.5 Å². The molecule has 1 aliphatic rings. The molecule has 212 valence electrons. The van der Waals surface area contributed by atoms with Gasteiger partial charge in [-0.05, 0) is 53.3 Å². The van der Waals surface area contributed by atoms with Crippen LogP contribution in [0.4, 0.5) is 15.3 Å². The lowest BCUT2D eigenvalue weighted by Gasteiger charge is -2.18. The number of hydrogen-bond donors (Lipinski definition) is 3. The summed E-state index contributed by atoms with van der Waals surface area (Å²) < 4.78 is 10.4. The molecule has 0 aromatic heterocycles. The zero-order valence-electron chi connectivity index (χ0n) is 22.4. The van der Waals surface area contributed by atoms with Crippen LogP contribution in [0.3, 0.4) is 0 Å². The van der Waals surface area contributed by atoms with Crippen LogP contribution >= 0.6 is 11.8 Å². The number of carbonyl (C=O) groups excluding carboxylic acids is 3. The Hall–Kier alpha value is -4.57. The minimum absolute atomic E-state index is 0.0601. The van der Waals surface area contributed by atoms with Gasteiger partial charge in [0, 0.05) is 11.6 Å². The maximum atomic E-state index is 12.8. The van der Waals surface area contributed by atoms with Crippen LogP contribution < -0.4 is 10.6 Å². The number of thioether (sulfide) groups is 1. The van der Waals surface area contributed by atoms with E-state index in [1.807, 2.05) is 48.5 Å². The van der Waals surface area contributed by atoms with Gasteiger partial charge in [-0.2, -0.15) is 0 Å². The third kappa shape index (κ3) is 7.55. The molecular formula is C31H30N2O7S. The van der Waals surface area contributed by atoms with Crippen molar-refractivity contribution in [1.82, 2.24) is 5.32 Å². The lowest BCUT2D eigenvalue weighted by atomic mass is 9.98. The number of ether oxygens (including phenoxy) is 2. The molecule has 2 atom stereocenters. The van der Waals surface area contributed by atoms with E-state index in [1.165, 1.54) is 13.0 Å². The molecule has 2 amide bonds. The zero-order chi connectivity index (χ0) is 29.4. The normalized spacial score (nSPS) is 13.2. The molecule has 0 bridgehead atoms. The van der Waals surface area contributed by atoms with Crippen LogP contribution in [0.1, 0.15) is 29.5 Å². The Morgan fingerprint density at radius 2 is 1.54 bits per heavy atom. The lowest BCUT2D eigenvalue weighted by Crippen LogP contribution is -2.39. The average molecular weight is 575 g/mol. The van der Waals surface area contributed by atoms with Crippen LogP contribution in [0.5, 0.6) is 0 Å². The summed E-state index contributed by atoms with van der Waals surface area (Å²) in [5.41, 5.74) is 5.48. The Morgan fingerprint density at radius 3 is 2.12 bits per heavy atom. The van der Waals surface area contributed by atoms with Crippen molar-refractivity contribution in [3.8, 4) is 11.1 Å². The summed E-state index contributed by atoms with van der Waals surface area (Å²) in [5, 5.41) is 13.2. The molecular weight excluding hydrogens is 544 g/mol. The quantitative estimate of drug-likeness (QED) is 0.252. The molecule has 0 radical (unpaired) electrons. The van der Waals surface area contributed by atoms with Crippen LogP contribution in [0.25, 0.3) is 11.1 Å². The number of fused-ring (bicyclic) bond motifs is 3. The lowest BCUT2D eigenvalue weighted by molar-refractivity contribution is -0.136. The second-order valence-electron chi connectivity index (χ2n) is 9.37. The highest BCUT2D eigenvalue weighted by atomic mass is 32.2. The molecule has 41 heavy (non-hydrogen) atoms. The molecule has 1 aliphatic carbocycles. The molecule has 0 heterocycles. The van der Waals surface area contributed by atoms with Crippen molar-refractivity contribution in [2.45, 2.75) is 30.6 Å². The summed E-state index contributed by atoms with van der Waals surface area (Å²) in [5.74, 6) is -1.28. The number of amides is 2. The van der Waals surface area contributed by atoms with Crippen molar-refractivity contribution in [3.63, 3.8) is 0 Å². The standard InChI is InChI=1S/C31H30N2O7S/c1-3-16-39-31(38)33-21-14-12-20(13-15-21)17-27(28(34)35)41-29(36)19(2)32-30(37)40-18-26-24-10-6-4-8-22(24)23-9-5-7-11-25(23)26/h3-15,19,26-27H,1,16-18H2,2H3,(H,32,37)(H,33,38)(H,34,35)/t19-,27-/m1/s1. The second kappa shape index (κ2) is 13.7. The van der Waals surface area contributed by atoms with Gasteiger partial charge in [-0.25, -0.2) is 9.59 Å². The largest absolute Gasteiger partial charge is 0.480 e. The zero-order valence-corrected chi connectivity index (χ0v) is 23.2. The Balaban J connectivity index is 1.28. The summed E-state index contributed by atoms with van der Waals surface area (Å²) in [4.78, 5) is 48.9. The number of carbonyl (C=O) groups is 4. The van der Waals surface area contributed by atoms with Crippen LogP contribution in [0.2, 0.25) is 0 Å². The highest BCUT2D eigenvalue weighted by Crippen LogP contribution is 2.44. The van der Waals surface area contributed by atoms with E-state index in [0.717, 1.165) is 22.3 Å². The van der Waals surface area contributed by atoms with E-state index in [0.29, 0.717) is 23.0 Å². The average Bonchev–Trinajstić information content (AvgIpc) is 3.29. The Kier molecular flexibility index (Phi) is 9.81. The number of hydrogen-bond acceptors (Lipinski definition) is 7. The molecule has 0 fully saturated rings. The highest BCUT2D eigenvalue weighted by Gasteiger charge is 2.30. The first-order valence-electron chi connectivity index (χ1n) is 12.9. The molecule has 0 saturated carbocycles. The predicted octanol–water partition coefficient (Wildman–Crippen LogP) is 5.60. The summed E-state index contributed by atoms with van der Waals surface area (Å²) in [6.07, 6.45) is 0.113. The van der Waals surface area contributed by atoms with Gasteiger partial charge < -0.3 is 19.9 Å². The van der Waals surface area contributed by atoms with Crippen molar-refractivity contribution >= 4 is 40.7 Å². The van der Waals surface area contributed by atoms with E-state index >= 15 is 0 Å².